The number of thioether (sulfide) groups is 1. The summed E-state index contributed by atoms with van der Waals surface area (Å²) in [6.07, 6.45) is 0. The predicted octanol–water partition coefficient (Wildman–Crippen LogP) is 4.62. The van der Waals surface area contributed by atoms with Gasteiger partial charge in [0, 0.05) is 36.0 Å². The molecule has 0 radical (unpaired) electrons. The molecule has 1 aromatic heterocycles. The number of aromatic nitrogens is 1. The van der Waals surface area contributed by atoms with Gasteiger partial charge in [-0.05, 0) is 11.6 Å². The molecule has 0 N–H and O–H groups in total. The molecule has 2 aromatic carbocycles. The quantitative estimate of drug-likeness (QED) is 0.702. The molecule has 0 saturated heterocycles. The molecule has 110 valence electrons. The van der Waals surface area contributed by atoms with Crippen molar-refractivity contribution in [1.29, 1.82) is 0 Å². The summed E-state index contributed by atoms with van der Waals surface area (Å²) in [5.74, 6) is 2.11. The van der Waals surface area contributed by atoms with Crippen LogP contribution in [0.25, 0.3) is 10.9 Å². The molecule has 0 spiro atoms. The van der Waals surface area contributed by atoms with Crippen molar-refractivity contribution >= 4 is 28.4 Å². The van der Waals surface area contributed by atoms with Crippen molar-refractivity contribution in [2.45, 2.75) is 18.1 Å². The van der Waals surface area contributed by atoms with E-state index in [2.05, 4.69) is 66.5 Å². The zero-order chi connectivity index (χ0) is 14.9. The van der Waals surface area contributed by atoms with E-state index >= 15 is 0 Å². The molecule has 0 aliphatic carbocycles. The lowest BCUT2D eigenvalue weighted by atomic mass is 10.1. The van der Waals surface area contributed by atoms with E-state index in [-0.39, 0.29) is 0 Å². The van der Waals surface area contributed by atoms with Gasteiger partial charge in [-0.1, -0.05) is 48.5 Å². The first-order valence-electron chi connectivity index (χ1n) is 7.56. The molecule has 0 saturated carbocycles. The van der Waals surface area contributed by atoms with Crippen LogP contribution in [0.3, 0.4) is 0 Å². The molecule has 2 nitrogen and oxygen atoms in total. The first kappa shape index (κ1) is 13.6. The minimum atomic E-state index is 0.923. The molecule has 1 aliphatic rings. The molecule has 2 heterocycles. The highest BCUT2D eigenvalue weighted by atomic mass is 32.2. The minimum Gasteiger partial charge on any atom is -0.369 e. The summed E-state index contributed by atoms with van der Waals surface area (Å²) in [4.78, 5) is 7.24. The number of anilines is 1. The summed E-state index contributed by atoms with van der Waals surface area (Å²) >= 11 is 1.96. The van der Waals surface area contributed by atoms with Crippen molar-refractivity contribution in [3.63, 3.8) is 0 Å². The Morgan fingerprint density at radius 2 is 1.77 bits per heavy atom. The van der Waals surface area contributed by atoms with Gasteiger partial charge in [-0.3, -0.25) is 4.98 Å². The highest BCUT2D eigenvalue weighted by Crippen LogP contribution is 2.40. The van der Waals surface area contributed by atoms with E-state index in [1.54, 1.807) is 0 Å². The number of nitrogens with zero attached hydrogens (tertiary/aromatic N) is 2. The highest BCUT2D eigenvalue weighted by molar-refractivity contribution is 7.98. The number of hydrogen-bond donors (Lipinski definition) is 0. The van der Waals surface area contributed by atoms with Gasteiger partial charge in [-0.25, -0.2) is 0 Å². The Morgan fingerprint density at radius 3 is 2.64 bits per heavy atom. The summed E-state index contributed by atoms with van der Waals surface area (Å²) < 4.78 is 0. The van der Waals surface area contributed by atoms with E-state index in [9.17, 15) is 0 Å². The maximum atomic E-state index is 4.86. The average molecular weight is 306 g/mol. The van der Waals surface area contributed by atoms with E-state index in [1.807, 2.05) is 11.8 Å². The third-order valence-corrected chi connectivity index (χ3v) is 5.15. The van der Waals surface area contributed by atoms with Crippen LogP contribution < -0.4 is 4.90 Å². The number of pyridine rings is 1. The maximum Gasteiger partial charge on any atom is 0.0726 e. The van der Waals surface area contributed by atoms with Gasteiger partial charge in [0.1, 0.15) is 0 Å². The first-order chi connectivity index (χ1) is 10.8. The van der Waals surface area contributed by atoms with Crippen LogP contribution in [0.15, 0.2) is 54.6 Å². The van der Waals surface area contributed by atoms with Crippen molar-refractivity contribution in [1.82, 2.24) is 4.98 Å². The van der Waals surface area contributed by atoms with Gasteiger partial charge in [-0.2, -0.15) is 11.8 Å². The van der Waals surface area contributed by atoms with Crippen LogP contribution in [0.5, 0.6) is 0 Å². The smallest absolute Gasteiger partial charge is 0.0726 e. The van der Waals surface area contributed by atoms with Crippen molar-refractivity contribution in [3.05, 3.63) is 71.4 Å². The number of fused-ring (bicyclic) bond motifs is 2. The van der Waals surface area contributed by atoms with Crippen molar-refractivity contribution in [2.75, 3.05) is 11.9 Å². The summed E-state index contributed by atoms with van der Waals surface area (Å²) in [6, 6.07) is 19.2. The normalized spacial score (nSPS) is 13.3. The highest BCUT2D eigenvalue weighted by Gasteiger charge is 2.22. The minimum absolute atomic E-state index is 0.923. The Labute approximate surface area is 135 Å². The SMILES string of the molecule is CN(Cc1ccccc1)c1c2c(nc3ccccc13)CSC2. The first-order valence-corrected chi connectivity index (χ1v) is 8.72. The molecule has 3 aromatic rings. The second kappa shape index (κ2) is 5.65. The van der Waals surface area contributed by atoms with E-state index < -0.39 is 0 Å². The number of para-hydroxylation sites is 1. The second-order valence-corrected chi connectivity index (χ2v) is 6.72. The van der Waals surface area contributed by atoms with Crippen LogP contribution in [0.1, 0.15) is 16.8 Å². The molecule has 0 fully saturated rings. The fourth-order valence-corrected chi connectivity index (χ4v) is 4.22. The zero-order valence-electron chi connectivity index (χ0n) is 12.6. The van der Waals surface area contributed by atoms with Gasteiger partial charge in [0.2, 0.25) is 0 Å². The summed E-state index contributed by atoms with van der Waals surface area (Å²) in [5, 5.41) is 1.27. The van der Waals surface area contributed by atoms with Gasteiger partial charge in [0.05, 0.1) is 16.9 Å². The summed E-state index contributed by atoms with van der Waals surface area (Å²) in [6.45, 7) is 0.923. The third-order valence-electron chi connectivity index (χ3n) is 4.18. The number of hydrogen-bond acceptors (Lipinski definition) is 3. The van der Waals surface area contributed by atoms with Crippen molar-refractivity contribution in [3.8, 4) is 0 Å². The molecular formula is C19H18N2S. The van der Waals surface area contributed by atoms with Crippen LogP contribution in [0, 0.1) is 0 Å². The molecular weight excluding hydrogens is 288 g/mol. The van der Waals surface area contributed by atoms with Gasteiger partial charge in [0.25, 0.3) is 0 Å². The molecule has 0 unspecified atom stereocenters. The van der Waals surface area contributed by atoms with Crippen molar-refractivity contribution < 1.29 is 0 Å². The van der Waals surface area contributed by atoms with Crippen LogP contribution >= 0.6 is 11.8 Å². The fourth-order valence-electron chi connectivity index (χ4n) is 3.18. The maximum absolute atomic E-state index is 4.86. The average Bonchev–Trinajstić information content (AvgIpc) is 3.01. The Hall–Kier alpha value is -2.00. The number of rotatable bonds is 3. The zero-order valence-corrected chi connectivity index (χ0v) is 13.4. The van der Waals surface area contributed by atoms with Gasteiger partial charge >= 0.3 is 0 Å². The summed E-state index contributed by atoms with van der Waals surface area (Å²) in [5.41, 5.74) is 6.49. The summed E-state index contributed by atoms with van der Waals surface area (Å²) in [7, 11) is 2.19. The van der Waals surface area contributed by atoms with E-state index in [1.165, 1.54) is 27.9 Å². The molecule has 3 heteroatoms. The van der Waals surface area contributed by atoms with E-state index in [4.69, 9.17) is 4.98 Å². The lowest BCUT2D eigenvalue weighted by Gasteiger charge is -2.24. The van der Waals surface area contributed by atoms with E-state index in [0.29, 0.717) is 0 Å². The lowest BCUT2D eigenvalue weighted by molar-refractivity contribution is 0.918. The molecule has 0 atom stereocenters. The van der Waals surface area contributed by atoms with E-state index in [0.717, 1.165) is 23.6 Å². The second-order valence-electron chi connectivity index (χ2n) is 5.74. The monoisotopic (exact) mass is 306 g/mol. The van der Waals surface area contributed by atoms with Crippen LogP contribution in [0.4, 0.5) is 5.69 Å². The Balaban J connectivity index is 1.83. The van der Waals surface area contributed by atoms with Gasteiger partial charge < -0.3 is 4.90 Å². The van der Waals surface area contributed by atoms with Crippen LogP contribution in [-0.2, 0) is 18.1 Å². The lowest BCUT2D eigenvalue weighted by Crippen LogP contribution is -2.18. The molecule has 1 aliphatic heterocycles. The predicted molar refractivity (Wildman–Crippen MR) is 95.3 cm³/mol. The van der Waals surface area contributed by atoms with Crippen LogP contribution in [-0.4, -0.2) is 12.0 Å². The number of benzene rings is 2. The fraction of sp³-hybridized carbons (Fsp3) is 0.211. The topological polar surface area (TPSA) is 16.1 Å². The Kier molecular flexibility index (Phi) is 3.51. The van der Waals surface area contributed by atoms with Crippen LogP contribution in [0.2, 0.25) is 0 Å². The Bertz CT molecular complexity index is 814. The van der Waals surface area contributed by atoms with Crippen molar-refractivity contribution in [2.24, 2.45) is 0 Å². The standard InChI is InChI=1S/C19H18N2S/c1-21(11-14-7-3-2-4-8-14)19-15-9-5-6-10-17(15)20-18-13-22-12-16(18)19/h2-10H,11-13H2,1H3. The van der Waals surface area contributed by atoms with Gasteiger partial charge in [0.15, 0.2) is 0 Å². The van der Waals surface area contributed by atoms with Gasteiger partial charge in [-0.15, -0.1) is 0 Å². The Morgan fingerprint density at radius 1 is 1.00 bits per heavy atom. The molecule has 4 rings (SSSR count). The molecule has 0 bridgehead atoms. The third kappa shape index (κ3) is 2.35. The molecule has 22 heavy (non-hydrogen) atoms. The largest absolute Gasteiger partial charge is 0.369 e. The molecule has 0 amide bonds.